The number of benzene rings is 1. The second-order valence-corrected chi connectivity index (χ2v) is 5.23. The van der Waals surface area contributed by atoms with Gasteiger partial charge in [-0.2, -0.15) is 0 Å². The Bertz CT molecular complexity index is 533. The molecule has 2 rings (SSSR count). The highest BCUT2D eigenvalue weighted by atomic mass is 32.1. The standard InChI is InChI=1S/C13H15N3OS/c1-9-16-8-12(18-9)13(17)15-7-6-10-2-4-11(14)5-3-10/h2-5,8H,6-7,14H2,1H3,(H,15,17). The molecule has 0 atom stereocenters. The number of carbonyl (C=O) groups is 1. The molecule has 1 aromatic carbocycles. The van der Waals surface area contributed by atoms with Gasteiger partial charge >= 0.3 is 0 Å². The van der Waals surface area contributed by atoms with Crippen LogP contribution in [-0.4, -0.2) is 17.4 Å². The maximum absolute atomic E-state index is 11.7. The van der Waals surface area contributed by atoms with Crippen molar-refractivity contribution in [2.45, 2.75) is 13.3 Å². The number of anilines is 1. The average Bonchev–Trinajstić information content (AvgIpc) is 2.78. The molecule has 0 saturated heterocycles. The number of amides is 1. The minimum absolute atomic E-state index is 0.0592. The van der Waals surface area contributed by atoms with Gasteiger partial charge < -0.3 is 11.1 Å². The van der Waals surface area contributed by atoms with Crippen LogP contribution >= 0.6 is 11.3 Å². The molecule has 3 N–H and O–H groups in total. The Balaban J connectivity index is 1.82. The Morgan fingerprint density at radius 3 is 2.72 bits per heavy atom. The Kier molecular flexibility index (Phi) is 3.94. The number of nitrogens with two attached hydrogens (primary N) is 1. The summed E-state index contributed by atoms with van der Waals surface area (Å²) in [6.45, 7) is 2.50. The fourth-order valence-electron chi connectivity index (χ4n) is 1.56. The molecule has 1 amide bonds. The van der Waals surface area contributed by atoms with Gasteiger partial charge in [-0.15, -0.1) is 11.3 Å². The Labute approximate surface area is 110 Å². The van der Waals surface area contributed by atoms with Crippen LogP contribution in [0.5, 0.6) is 0 Å². The Morgan fingerprint density at radius 1 is 1.39 bits per heavy atom. The van der Waals surface area contributed by atoms with Crippen molar-refractivity contribution in [1.29, 1.82) is 0 Å². The van der Waals surface area contributed by atoms with Crippen molar-refractivity contribution in [2.24, 2.45) is 0 Å². The summed E-state index contributed by atoms with van der Waals surface area (Å²) in [6, 6.07) is 7.67. The lowest BCUT2D eigenvalue weighted by Gasteiger charge is -2.04. The van der Waals surface area contributed by atoms with Gasteiger partial charge in [-0.1, -0.05) is 12.1 Å². The third-order valence-corrected chi connectivity index (χ3v) is 3.44. The quantitative estimate of drug-likeness (QED) is 0.827. The van der Waals surface area contributed by atoms with E-state index in [2.05, 4.69) is 10.3 Å². The molecule has 5 heteroatoms. The van der Waals surface area contributed by atoms with Crippen molar-refractivity contribution in [3.63, 3.8) is 0 Å². The van der Waals surface area contributed by atoms with E-state index in [1.54, 1.807) is 6.20 Å². The molecule has 0 bridgehead atoms. The molecule has 0 aliphatic carbocycles. The molecule has 4 nitrogen and oxygen atoms in total. The molecule has 1 heterocycles. The first kappa shape index (κ1) is 12.6. The fourth-order valence-corrected chi connectivity index (χ4v) is 2.25. The number of nitrogens with zero attached hydrogens (tertiary/aromatic N) is 1. The maximum atomic E-state index is 11.7. The van der Waals surface area contributed by atoms with Gasteiger partial charge in [-0.05, 0) is 31.0 Å². The van der Waals surface area contributed by atoms with Gasteiger partial charge in [0, 0.05) is 12.2 Å². The topological polar surface area (TPSA) is 68.0 Å². The van der Waals surface area contributed by atoms with Crippen molar-refractivity contribution in [2.75, 3.05) is 12.3 Å². The number of carbonyl (C=O) groups excluding carboxylic acids is 1. The number of rotatable bonds is 4. The molecule has 2 aromatic rings. The summed E-state index contributed by atoms with van der Waals surface area (Å²) >= 11 is 1.40. The van der Waals surface area contributed by atoms with Gasteiger partial charge in [-0.3, -0.25) is 4.79 Å². The first-order valence-corrected chi connectivity index (χ1v) is 6.52. The fraction of sp³-hybridized carbons (Fsp3) is 0.231. The first-order chi connectivity index (χ1) is 8.65. The first-order valence-electron chi connectivity index (χ1n) is 5.70. The van der Waals surface area contributed by atoms with E-state index in [1.165, 1.54) is 11.3 Å². The Morgan fingerprint density at radius 2 is 2.11 bits per heavy atom. The lowest BCUT2D eigenvalue weighted by atomic mass is 10.1. The molecule has 0 spiro atoms. The van der Waals surface area contributed by atoms with E-state index in [9.17, 15) is 4.79 Å². The summed E-state index contributed by atoms with van der Waals surface area (Å²) in [7, 11) is 0. The van der Waals surface area contributed by atoms with Crippen molar-refractivity contribution in [1.82, 2.24) is 10.3 Å². The number of aromatic nitrogens is 1. The highest BCUT2D eigenvalue weighted by Gasteiger charge is 2.07. The lowest BCUT2D eigenvalue weighted by molar-refractivity contribution is 0.0958. The normalized spacial score (nSPS) is 10.3. The van der Waals surface area contributed by atoms with E-state index >= 15 is 0 Å². The van der Waals surface area contributed by atoms with Crippen LogP contribution in [-0.2, 0) is 6.42 Å². The molecule has 0 aliphatic heterocycles. The number of thiazole rings is 1. The van der Waals surface area contributed by atoms with Crippen molar-refractivity contribution < 1.29 is 4.79 Å². The average molecular weight is 261 g/mol. The highest BCUT2D eigenvalue weighted by molar-refractivity contribution is 7.13. The third kappa shape index (κ3) is 3.30. The van der Waals surface area contributed by atoms with Crippen LogP contribution in [0.2, 0.25) is 0 Å². The largest absolute Gasteiger partial charge is 0.399 e. The zero-order valence-electron chi connectivity index (χ0n) is 10.1. The predicted molar refractivity (Wildman–Crippen MR) is 73.7 cm³/mol. The second-order valence-electron chi connectivity index (χ2n) is 3.99. The monoisotopic (exact) mass is 261 g/mol. The lowest BCUT2D eigenvalue weighted by Crippen LogP contribution is -2.24. The molecule has 94 valence electrons. The molecular formula is C13H15N3OS. The number of hydrogen-bond acceptors (Lipinski definition) is 4. The van der Waals surface area contributed by atoms with Gasteiger partial charge in [0.2, 0.25) is 0 Å². The summed E-state index contributed by atoms with van der Waals surface area (Å²) in [5, 5.41) is 3.78. The molecule has 0 aliphatic rings. The van der Waals surface area contributed by atoms with Crippen LogP contribution in [0.15, 0.2) is 30.5 Å². The molecule has 0 radical (unpaired) electrons. The van der Waals surface area contributed by atoms with E-state index in [0.29, 0.717) is 11.4 Å². The smallest absolute Gasteiger partial charge is 0.263 e. The number of hydrogen-bond donors (Lipinski definition) is 2. The van der Waals surface area contributed by atoms with Crippen LogP contribution in [0.3, 0.4) is 0 Å². The summed E-state index contributed by atoms with van der Waals surface area (Å²) in [5.41, 5.74) is 7.52. The second kappa shape index (κ2) is 5.64. The van der Waals surface area contributed by atoms with Crippen LogP contribution < -0.4 is 11.1 Å². The van der Waals surface area contributed by atoms with E-state index in [1.807, 2.05) is 31.2 Å². The highest BCUT2D eigenvalue weighted by Crippen LogP contribution is 2.11. The zero-order valence-corrected chi connectivity index (χ0v) is 11.0. The van der Waals surface area contributed by atoms with Crippen LogP contribution in [0.1, 0.15) is 20.2 Å². The molecule has 0 fully saturated rings. The van der Waals surface area contributed by atoms with E-state index in [-0.39, 0.29) is 5.91 Å². The third-order valence-electron chi connectivity index (χ3n) is 2.52. The van der Waals surface area contributed by atoms with E-state index < -0.39 is 0 Å². The van der Waals surface area contributed by atoms with Gasteiger partial charge in [0.1, 0.15) is 4.88 Å². The van der Waals surface area contributed by atoms with Gasteiger partial charge in [0.15, 0.2) is 0 Å². The van der Waals surface area contributed by atoms with Crippen molar-refractivity contribution in [3.05, 3.63) is 45.9 Å². The van der Waals surface area contributed by atoms with Crippen molar-refractivity contribution in [3.8, 4) is 0 Å². The summed E-state index contributed by atoms with van der Waals surface area (Å²) in [4.78, 5) is 16.5. The Hall–Kier alpha value is -1.88. The molecule has 0 saturated carbocycles. The summed E-state index contributed by atoms with van der Waals surface area (Å²) in [5.74, 6) is -0.0592. The van der Waals surface area contributed by atoms with Crippen LogP contribution in [0, 0.1) is 6.92 Å². The minimum Gasteiger partial charge on any atom is -0.399 e. The van der Waals surface area contributed by atoms with Gasteiger partial charge in [0.05, 0.1) is 11.2 Å². The minimum atomic E-state index is -0.0592. The van der Waals surface area contributed by atoms with E-state index in [0.717, 1.165) is 22.7 Å². The number of nitrogens with one attached hydrogen (secondary N) is 1. The molecule has 18 heavy (non-hydrogen) atoms. The van der Waals surface area contributed by atoms with Crippen molar-refractivity contribution >= 4 is 22.9 Å². The van der Waals surface area contributed by atoms with Gasteiger partial charge in [0.25, 0.3) is 5.91 Å². The van der Waals surface area contributed by atoms with Crippen LogP contribution in [0.4, 0.5) is 5.69 Å². The summed E-state index contributed by atoms with van der Waals surface area (Å²) in [6.07, 6.45) is 2.41. The molecule has 1 aromatic heterocycles. The molecule has 0 unspecified atom stereocenters. The number of nitrogen functional groups attached to an aromatic ring is 1. The summed E-state index contributed by atoms with van der Waals surface area (Å²) < 4.78 is 0. The van der Waals surface area contributed by atoms with Gasteiger partial charge in [-0.25, -0.2) is 4.98 Å². The maximum Gasteiger partial charge on any atom is 0.263 e. The predicted octanol–water partition coefficient (Wildman–Crippen LogP) is 2.01. The van der Waals surface area contributed by atoms with E-state index in [4.69, 9.17) is 5.73 Å². The molecular weight excluding hydrogens is 246 g/mol. The number of aryl methyl sites for hydroxylation is 1. The zero-order chi connectivity index (χ0) is 13.0. The van der Waals surface area contributed by atoms with Crippen LogP contribution in [0.25, 0.3) is 0 Å². The SMILES string of the molecule is Cc1ncc(C(=O)NCCc2ccc(N)cc2)s1.